The van der Waals surface area contributed by atoms with Gasteiger partial charge in [0.05, 0.1) is 6.04 Å². The summed E-state index contributed by atoms with van der Waals surface area (Å²) in [6.45, 7) is 2.51. The van der Waals surface area contributed by atoms with Gasteiger partial charge in [0.15, 0.2) is 0 Å². The lowest BCUT2D eigenvalue weighted by Gasteiger charge is -2.31. The lowest BCUT2D eigenvalue weighted by molar-refractivity contribution is -0.134. The van der Waals surface area contributed by atoms with Gasteiger partial charge in [-0.3, -0.25) is 4.79 Å². The van der Waals surface area contributed by atoms with Crippen molar-refractivity contribution in [2.45, 2.75) is 6.04 Å². The minimum atomic E-state index is -0.0150. The molecule has 70 valence electrons. The normalized spacial score (nSPS) is 25.2. The van der Waals surface area contributed by atoms with Crippen molar-refractivity contribution in [1.82, 2.24) is 15.1 Å². The van der Waals surface area contributed by atoms with Crippen molar-refractivity contribution in [2.24, 2.45) is 0 Å². The molecule has 1 saturated heterocycles. The first-order valence-electron chi connectivity index (χ1n) is 4.24. The number of hydrogen-bond acceptors (Lipinski definition) is 3. The number of likely N-dealkylation sites (N-methyl/N-ethyl adjacent to an activating group) is 2. The number of carbonyl (C=O) groups is 1. The predicted molar refractivity (Wildman–Crippen MR) is 48.0 cm³/mol. The Labute approximate surface area is 73.5 Å². The lowest BCUT2D eigenvalue weighted by Crippen LogP contribution is -2.56. The molecule has 1 amide bonds. The van der Waals surface area contributed by atoms with Crippen LogP contribution in [-0.4, -0.2) is 62.5 Å². The second-order valence-corrected chi connectivity index (χ2v) is 3.53. The minimum absolute atomic E-state index is 0.0150. The van der Waals surface area contributed by atoms with E-state index < -0.39 is 0 Å². The van der Waals surface area contributed by atoms with Gasteiger partial charge in [0.25, 0.3) is 0 Å². The van der Waals surface area contributed by atoms with Gasteiger partial charge in [-0.05, 0) is 14.1 Å². The summed E-state index contributed by atoms with van der Waals surface area (Å²) in [4.78, 5) is 15.3. The summed E-state index contributed by atoms with van der Waals surface area (Å²) >= 11 is 0. The molecule has 1 aliphatic rings. The summed E-state index contributed by atoms with van der Waals surface area (Å²) in [7, 11) is 5.80. The predicted octanol–water partition coefficient (Wildman–Crippen LogP) is -1.02. The Morgan fingerprint density at radius 2 is 2.33 bits per heavy atom. The van der Waals surface area contributed by atoms with Crippen LogP contribution in [0.5, 0.6) is 0 Å². The molecular formula is C8H17N3O. The van der Waals surface area contributed by atoms with Gasteiger partial charge < -0.3 is 15.1 Å². The Kier molecular flexibility index (Phi) is 3.05. The first-order valence-corrected chi connectivity index (χ1v) is 4.24. The summed E-state index contributed by atoms with van der Waals surface area (Å²) < 4.78 is 0. The van der Waals surface area contributed by atoms with E-state index in [1.54, 1.807) is 4.90 Å². The van der Waals surface area contributed by atoms with Crippen molar-refractivity contribution >= 4 is 5.91 Å². The van der Waals surface area contributed by atoms with E-state index in [-0.39, 0.29) is 11.9 Å². The molecule has 1 fully saturated rings. The van der Waals surface area contributed by atoms with Crippen LogP contribution in [0.3, 0.4) is 0 Å². The molecule has 0 spiro atoms. The highest BCUT2D eigenvalue weighted by Gasteiger charge is 2.25. The molecule has 4 heteroatoms. The molecule has 1 unspecified atom stereocenters. The second kappa shape index (κ2) is 3.87. The van der Waals surface area contributed by atoms with Crippen LogP contribution in [0.15, 0.2) is 0 Å². The largest absolute Gasteiger partial charge is 0.343 e. The summed E-state index contributed by atoms with van der Waals surface area (Å²) in [5.74, 6) is 0.204. The molecule has 1 atom stereocenters. The van der Waals surface area contributed by atoms with Crippen LogP contribution in [0.1, 0.15) is 0 Å². The highest BCUT2D eigenvalue weighted by molar-refractivity contribution is 5.82. The van der Waals surface area contributed by atoms with Crippen LogP contribution in [0, 0.1) is 0 Å². The fraction of sp³-hybridized carbons (Fsp3) is 0.875. The van der Waals surface area contributed by atoms with Gasteiger partial charge in [-0.2, -0.15) is 0 Å². The SMILES string of the molecule is CN(C)CC1NCCN(C)C1=O. The van der Waals surface area contributed by atoms with Crippen molar-refractivity contribution in [1.29, 1.82) is 0 Å². The smallest absolute Gasteiger partial charge is 0.240 e. The third-order valence-corrected chi connectivity index (χ3v) is 2.06. The Hall–Kier alpha value is -0.610. The number of nitrogens with one attached hydrogen (secondary N) is 1. The number of amides is 1. The summed E-state index contributed by atoms with van der Waals surface area (Å²) in [5.41, 5.74) is 0. The van der Waals surface area contributed by atoms with Crippen LogP contribution in [-0.2, 0) is 4.79 Å². The van der Waals surface area contributed by atoms with Crippen LogP contribution < -0.4 is 5.32 Å². The van der Waals surface area contributed by atoms with E-state index in [1.165, 1.54) is 0 Å². The third kappa shape index (κ3) is 2.19. The van der Waals surface area contributed by atoms with E-state index in [2.05, 4.69) is 5.32 Å². The molecule has 1 N–H and O–H groups in total. The molecule has 1 aliphatic heterocycles. The highest BCUT2D eigenvalue weighted by Crippen LogP contribution is 1.99. The molecule has 1 heterocycles. The summed E-state index contributed by atoms with van der Waals surface area (Å²) in [5, 5.41) is 3.20. The first kappa shape index (κ1) is 9.48. The summed E-state index contributed by atoms with van der Waals surface area (Å²) in [6.07, 6.45) is 0. The van der Waals surface area contributed by atoms with E-state index >= 15 is 0 Å². The van der Waals surface area contributed by atoms with Crippen LogP contribution >= 0.6 is 0 Å². The molecule has 0 aromatic heterocycles. The average molecular weight is 171 g/mol. The van der Waals surface area contributed by atoms with Crippen LogP contribution in [0.4, 0.5) is 0 Å². The van der Waals surface area contributed by atoms with Gasteiger partial charge in [0.2, 0.25) is 5.91 Å². The average Bonchev–Trinajstić information content (AvgIpc) is 1.98. The Morgan fingerprint density at radius 1 is 1.67 bits per heavy atom. The number of nitrogens with zero attached hydrogens (tertiary/aromatic N) is 2. The van der Waals surface area contributed by atoms with Gasteiger partial charge in [0, 0.05) is 26.7 Å². The maximum absolute atomic E-state index is 11.5. The van der Waals surface area contributed by atoms with E-state index in [4.69, 9.17) is 0 Å². The minimum Gasteiger partial charge on any atom is -0.343 e. The molecule has 1 rings (SSSR count). The van der Waals surface area contributed by atoms with E-state index in [0.29, 0.717) is 0 Å². The van der Waals surface area contributed by atoms with Gasteiger partial charge >= 0.3 is 0 Å². The Balaban J connectivity index is 2.46. The molecule has 0 aromatic carbocycles. The monoisotopic (exact) mass is 171 g/mol. The topological polar surface area (TPSA) is 35.6 Å². The Bertz CT molecular complexity index is 170. The quantitative estimate of drug-likeness (QED) is 0.577. The molecular weight excluding hydrogens is 154 g/mol. The number of carbonyl (C=O) groups excluding carboxylic acids is 1. The Morgan fingerprint density at radius 3 is 2.92 bits per heavy atom. The zero-order valence-corrected chi connectivity index (χ0v) is 8.00. The van der Waals surface area contributed by atoms with Crippen molar-refractivity contribution in [2.75, 3.05) is 40.8 Å². The molecule has 12 heavy (non-hydrogen) atoms. The van der Waals surface area contributed by atoms with Crippen molar-refractivity contribution in [3.63, 3.8) is 0 Å². The molecule has 0 radical (unpaired) electrons. The maximum atomic E-state index is 11.5. The number of piperazine rings is 1. The standard InChI is InChI=1S/C8H17N3O/c1-10(2)6-7-8(12)11(3)5-4-9-7/h7,9H,4-6H2,1-3H3. The van der Waals surface area contributed by atoms with Gasteiger partial charge in [-0.25, -0.2) is 0 Å². The molecule has 0 aliphatic carbocycles. The van der Waals surface area contributed by atoms with Crippen molar-refractivity contribution in [3.8, 4) is 0 Å². The number of rotatable bonds is 2. The van der Waals surface area contributed by atoms with E-state index in [1.807, 2.05) is 26.0 Å². The molecule has 0 saturated carbocycles. The first-order chi connectivity index (χ1) is 5.61. The van der Waals surface area contributed by atoms with Crippen LogP contribution in [0.25, 0.3) is 0 Å². The maximum Gasteiger partial charge on any atom is 0.240 e. The zero-order chi connectivity index (χ0) is 9.14. The van der Waals surface area contributed by atoms with Crippen molar-refractivity contribution in [3.05, 3.63) is 0 Å². The lowest BCUT2D eigenvalue weighted by atomic mass is 10.2. The second-order valence-electron chi connectivity index (χ2n) is 3.53. The van der Waals surface area contributed by atoms with E-state index in [9.17, 15) is 4.79 Å². The van der Waals surface area contributed by atoms with Gasteiger partial charge in [-0.15, -0.1) is 0 Å². The van der Waals surface area contributed by atoms with Crippen LogP contribution in [0.2, 0.25) is 0 Å². The summed E-state index contributed by atoms with van der Waals surface area (Å²) in [6, 6.07) is -0.0150. The highest BCUT2D eigenvalue weighted by atomic mass is 16.2. The van der Waals surface area contributed by atoms with E-state index in [0.717, 1.165) is 19.6 Å². The third-order valence-electron chi connectivity index (χ3n) is 2.06. The molecule has 0 bridgehead atoms. The molecule has 0 aromatic rings. The van der Waals surface area contributed by atoms with Crippen molar-refractivity contribution < 1.29 is 4.79 Å². The van der Waals surface area contributed by atoms with Gasteiger partial charge in [-0.1, -0.05) is 0 Å². The fourth-order valence-electron chi connectivity index (χ4n) is 1.38. The molecule has 4 nitrogen and oxygen atoms in total. The fourth-order valence-corrected chi connectivity index (χ4v) is 1.38. The van der Waals surface area contributed by atoms with Gasteiger partial charge in [0.1, 0.15) is 0 Å². The zero-order valence-electron chi connectivity index (χ0n) is 8.00. The number of hydrogen-bond donors (Lipinski definition) is 1.